The van der Waals surface area contributed by atoms with Crippen molar-refractivity contribution in [1.82, 2.24) is 10.6 Å². The maximum Gasteiger partial charge on any atom is 0.309 e. The average molecular weight is 361 g/mol. The zero-order valence-electron chi connectivity index (χ0n) is 14.2. The summed E-state index contributed by atoms with van der Waals surface area (Å²) >= 11 is 6.14. The van der Waals surface area contributed by atoms with E-state index in [2.05, 4.69) is 10.6 Å². The van der Waals surface area contributed by atoms with Crippen LogP contribution in [0.4, 0.5) is 0 Å². The fourth-order valence-electron chi connectivity index (χ4n) is 2.41. The minimum atomic E-state index is -0.711. The minimum Gasteiger partial charge on any atom is -0.375 e. The van der Waals surface area contributed by atoms with E-state index in [-0.39, 0.29) is 12.6 Å². The monoisotopic (exact) mass is 360 g/mol. The topological polar surface area (TPSA) is 67.4 Å². The molecule has 25 heavy (non-hydrogen) atoms. The number of carbonyl (C=O) groups excluding carboxylic acids is 2. The van der Waals surface area contributed by atoms with E-state index < -0.39 is 17.9 Å². The summed E-state index contributed by atoms with van der Waals surface area (Å²) in [5, 5.41) is 5.80. The van der Waals surface area contributed by atoms with Gasteiger partial charge in [0.25, 0.3) is 0 Å². The fraction of sp³-hybridized carbons (Fsp3) is 0.263. The van der Waals surface area contributed by atoms with Crippen LogP contribution in [0, 0.1) is 0 Å². The molecule has 0 aliphatic carbocycles. The highest BCUT2D eigenvalue weighted by atomic mass is 35.5. The van der Waals surface area contributed by atoms with Crippen LogP contribution in [0.5, 0.6) is 0 Å². The minimum absolute atomic E-state index is 0.145. The molecule has 2 atom stereocenters. The Morgan fingerprint density at radius 1 is 1.04 bits per heavy atom. The van der Waals surface area contributed by atoms with Crippen LogP contribution in [0.2, 0.25) is 5.02 Å². The number of benzene rings is 2. The molecule has 2 unspecified atom stereocenters. The van der Waals surface area contributed by atoms with Crippen LogP contribution in [-0.2, 0) is 14.3 Å². The molecule has 132 valence electrons. The van der Waals surface area contributed by atoms with E-state index in [9.17, 15) is 9.59 Å². The Labute approximate surface area is 152 Å². The first-order chi connectivity index (χ1) is 12.0. The largest absolute Gasteiger partial charge is 0.375 e. The molecule has 6 heteroatoms. The molecule has 0 spiro atoms. The molecule has 2 amide bonds. The lowest BCUT2D eigenvalue weighted by molar-refractivity contribution is -0.139. The number of halogens is 1. The Bertz CT molecular complexity index is 722. The molecular formula is C19H21ClN2O3. The predicted octanol–water partition coefficient (Wildman–Crippen LogP) is 3.02. The van der Waals surface area contributed by atoms with Gasteiger partial charge in [-0.1, -0.05) is 60.1 Å². The molecule has 0 saturated heterocycles. The smallest absolute Gasteiger partial charge is 0.309 e. The van der Waals surface area contributed by atoms with E-state index in [1.54, 1.807) is 6.07 Å². The van der Waals surface area contributed by atoms with E-state index in [0.717, 1.165) is 11.1 Å². The van der Waals surface area contributed by atoms with Crippen LogP contribution >= 0.6 is 11.6 Å². The fourth-order valence-corrected chi connectivity index (χ4v) is 2.67. The number of rotatable bonds is 6. The van der Waals surface area contributed by atoms with Crippen molar-refractivity contribution in [1.29, 1.82) is 0 Å². The van der Waals surface area contributed by atoms with E-state index in [4.69, 9.17) is 16.3 Å². The highest BCUT2D eigenvalue weighted by Gasteiger charge is 2.20. The van der Waals surface area contributed by atoms with Crippen molar-refractivity contribution in [3.05, 3.63) is 70.7 Å². The van der Waals surface area contributed by atoms with Crippen LogP contribution in [0.15, 0.2) is 54.6 Å². The highest BCUT2D eigenvalue weighted by Crippen LogP contribution is 2.24. The molecule has 0 fully saturated rings. The van der Waals surface area contributed by atoms with Gasteiger partial charge in [-0.3, -0.25) is 9.59 Å². The van der Waals surface area contributed by atoms with Crippen LogP contribution < -0.4 is 10.6 Å². The summed E-state index contributed by atoms with van der Waals surface area (Å²) in [7, 11) is 1.53. The first-order valence-corrected chi connectivity index (χ1v) is 8.31. The van der Waals surface area contributed by atoms with Crippen molar-refractivity contribution in [2.75, 3.05) is 13.7 Å². The van der Waals surface area contributed by atoms with Crippen molar-refractivity contribution < 1.29 is 14.3 Å². The summed E-state index contributed by atoms with van der Waals surface area (Å²) in [4.78, 5) is 24.1. The van der Waals surface area contributed by atoms with Crippen LogP contribution in [0.3, 0.4) is 0 Å². The first kappa shape index (κ1) is 19.0. The van der Waals surface area contributed by atoms with Gasteiger partial charge >= 0.3 is 11.8 Å². The van der Waals surface area contributed by atoms with Gasteiger partial charge in [-0.25, -0.2) is 0 Å². The second kappa shape index (κ2) is 9.20. The van der Waals surface area contributed by atoms with Gasteiger partial charge in [0.1, 0.15) is 6.10 Å². The molecule has 0 aromatic heterocycles. The van der Waals surface area contributed by atoms with Crippen LogP contribution in [-0.4, -0.2) is 25.5 Å². The van der Waals surface area contributed by atoms with E-state index in [1.165, 1.54) is 7.11 Å². The summed E-state index contributed by atoms with van der Waals surface area (Å²) in [6.45, 7) is 1.97. The van der Waals surface area contributed by atoms with Crippen LogP contribution in [0.1, 0.15) is 30.2 Å². The molecule has 2 aromatic rings. The van der Waals surface area contributed by atoms with Crippen LogP contribution in [0.25, 0.3) is 0 Å². The van der Waals surface area contributed by atoms with Gasteiger partial charge in [0.15, 0.2) is 0 Å². The number of hydrogen-bond donors (Lipinski definition) is 2. The SMILES string of the molecule is COC(CNC(=O)C(=O)NC(C)c1ccccc1)c1ccccc1Cl. The van der Waals surface area contributed by atoms with Crippen molar-refractivity contribution in [2.24, 2.45) is 0 Å². The van der Waals surface area contributed by atoms with Gasteiger partial charge in [0.05, 0.1) is 6.04 Å². The van der Waals surface area contributed by atoms with Crippen molar-refractivity contribution >= 4 is 23.4 Å². The van der Waals surface area contributed by atoms with Gasteiger partial charge in [-0.15, -0.1) is 0 Å². The number of hydrogen-bond acceptors (Lipinski definition) is 3. The van der Waals surface area contributed by atoms with E-state index >= 15 is 0 Å². The second-order valence-electron chi connectivity index (χ2n) is 5.56. The van der Waals surface area contributed by atoms with Crippen molar-refractivity contribution in [3.63, 3.8) is 0 Å². The molecule has 5 nitrogen and oxygen atoms in total. The highest BCUT2D eigenvalue weighted by molar-refractivity contribution is 6.35. The third-order valence-electron chi connectivity index (χ3n) is 3.84. The molecule has 2 N–H and O–H groups in total. The Morgan fingerprint density at radius 3 is 2.32 bits per heavy atom. The first-order valence-electron chi connectivity index (χ1n) is 7.93. The lowest BCUT2D eigenvalue weighted by Crippen LogP contribution is -2.42. The van der Waals surface area contributed by atoms with Gasteiger partial charge < -0.3 is 15.4 Å². The number of carbonyl (C=O) groups is 2. The van der Waals surface area contributed by atoms with Gasteiger partial charge in [0.2, 0.25) is 0 Å². The third kappa shape index (κ3) is 5.31. The number of nitrogens with one attached hydrogen (secondary N) is 2. The summed E-state index contributed by atoms with van der Waals surface area (Å²) in [5.41, 5.74) is 1.68. The summed E-state index contributed by atoms with van der Waals surface area (Å²) < 4.78 is 5.37. The quantitative estimate of drug-likeness (QED) is 0.778. The molecule has 0 heterocycles. The second-order valence-corrected chi connectivity index (χ2v) is 5.97. The number of amides is 2. The number of ether oxygens (including phenoxy) is 1. The Morgan fingerprint density at radius 2 is 1.68 bits per heavy atom. The lowest BCUT2D eigenvalue weighted by atomic mass is 10.1. The average Bonchev–Trinajstić information content (AvgIpc) is 2.64. The summed E-state index contributed by atoms with van der Waals surface area (Å²) in [6, 6.07) is 16.4. The molecule has 2 aromatic carbocycles. The van der Waals surface area contributed by atoms with Crippen molar-refractivity contribution in [2.45, 2.75) is 19.1 Å². The third-order valence-corrected chi connectivity index (χ3v) is 4.18. The molecular weight excluding hydrogens is 340 g/mol. The van der Waals surface area contributed by atoms with E-state index in [1.807, 2.05) is 55.5 Å². The van der Waals surface area contributed by atoms with Gasteiger partial charge in [-0.05, 0) is 18.6 Å². The maximum atomic E-state index is 12.0. The molecule has 2 rings (SSSR count). The van der Waals surface area contributed by atoms with Gasteiger partial charge in [-0.2, -0.15) is 0 Å². The number of methoxy groups -OCH3 is 1. The predicted molar refractivity (Wildman–Crippen MR) is 97.2 cm³/mol. The Balaban J connectivity index is 1.90. The van der Waals surface area contributed by atoms with Crippen molar-refractivity contribution in [3.8, 4) is 0 Å². The molecule has 0 radical (unpaired) electrons. The molecule has 0 bridgehead atoms. The van der Waals surface area contributed by atoms with E-state index in [0.29, 0.717) is 5.02 Å². The maximum absolute atomic E-state index is 12.0. The zero-order chi connectivity index (χ0) is 18.2. The lowest BCUT2D eigenvalue weighted by Gasteiger charge is -2.18. The zero-order valence-corrected chi connectivity index (χ0v) is 14.9. The standard InChI is InChI=1S/C19H21ClN2O3/c1-13(14-8-4-3-5-9-14)22-19(24)18(23)21-12-17(25-2)15-10-6-7-11-16(15)20/h3-11,13,17H,12H2,1-2H3,(H,21,23)(H,22,24). The molecule has 0 aliphatic rings. The Kier molecular flexibility index (Phi) is 6.98. The normalized spacial score (nSPS) is 12.9. The van der Waals surface area contributed by atoms with Gasteiger partial charge in [0, 0.05) is 24.2 Å². The molecule has 0 aliphatic heterocycles. The summed E-state index contributed by atoms with van der Waals surface area (Å²) in [5.74, 6) is -1.40. The summed E-state index contributed by atoms with van der Waals surface area (Å²) in [6.07, 6.45) is -0.433. The molecule has 0 saturated carbocycles. The Hall–Kier alpha value is -2.37.